The molecule has 29 heavy (non-hydrogen) atoms. The molecule has 1 saturated heterocycles. The highest BCUT2D eigenvalue weighted by atomic mass is 79.9. The Morgan fingerprint density at radius 3 is 2.52 bits per heavy atom. The Morgan fingerprint density at radius 1 is 1.17 bits per heavy atom. The van der Waals surface area contributed by atoms with E-state index in [0.29, 0.717) is 10.8 Å². The van der Waals surface area contributed by atoms with Crippen LogP contribution in [0.1, 0.15) is 22.7 Å². The van der Waals surface area contributed by atoms with Crippen molar-refractivity contribution in [3.63, 3.8) is 0 Å². The van der Waals surface area contributed by atoms with Crippen LogP contribution < -0.4 is 14.9 Å². The number of rotatable bonds is 5. The van der Waals surface area contributed by atoms with Crippen LogP contribution in [0.15, 0.2) is 64.6 Å². The molecule has 10 heteroatoms. The minimum atomic E-state index is -3.33. The Morgan fingerprint density at radius 2 is 1.93 bits per heavy atom. The van der Waals surface area contributed by atoms with E-state index < -0.39 is 10.0 Å². The largest absolute Gasteiger partial charge is 0.351 e. The van der Waals surface area contributed by atoms with Crippen molar-refractivity contribution in [1.29, 1.82) is 0 Å². The Kier molecular flexibility index (Phi) is 5.60. The van der Waals surface area contributed by atoms with Gasteiger partial charge >= 0.3 is 0 Å². The topological polar surface area (TPSA) is 74.3 Å². The number of sulfonamides is 1. The molecule has 0 spiro atoms. The van der Waals surface area contributed by atoms with Crippen molar-refractivity contribution < 1.29 is 8.42 Å². The fourth-order valence-corrected chi connectivity index (χ4v) is 5.78. The third-order valence-corrected chi connectivity index (χ3v) is 7.05. The van der Waals surface area contributed by atoms with Gasteiger partial charge < -0.3 is 10.2 Å². The first-order valence-corrected chi connectivity index (χ1v) is 12.6. The van der Waals surface area contributed by atoms with E-state index in [1.54, 1.807) is 29.7 Å². The van der Waals surface area contributed by atoms with Gasteiger partial charge in [0, 0.05) is 22.4 Å². The van der Waals surface area contributed by atoms with Gasteiger partial charge in [0.25, 0.3) is 0 Å². The first-order chi connectivity index (χ1) is 13.8. The Hall–Kier alpha value is -2.01. The number of thiocarbonyl (C=S) groups is 1. The molecule has 2 aromatic heterocycles. The lowest BCUT2D eigenvalue weighted by atomic mass is 10.0. The smallest absolute Gasteiger partial charge is 0.229 e. The van der Waals surface area contributed by atoms with Crippen LogP contribution in [0.5, 0.6) is 0 Å². The summed E-state index contributed by atoms with van der Waals surface area (Å²) in [6, 6.07) is 16.9. The number of halogens is 1. The summed E-state index contributed by atoms with van der Waals surface area (Å²) in [6.45, 7) is 0. The average molecular weight is 509 g/mol. The maximum atomic E-state index is 11.5. The molecule has 6 nitrogen and oxygen atoms in total. The number of nitrogens with zero attached hydrogens (tertiary/aromatic N) is 2. The molecule has 2 atom stereocenters. The molecule has 0 saturated carbocycles. The average Bonchev–Trinajstić information content (AvgIpc) is 3.25. The van der Waals surface area contributed by atoms with E-state index in [1.807, 2.05) is 36.4 Å². The molecule has 2 unspecified atom stereocenters. The van der Waals surface area contributed by atoms with Gasteiger partial charge in [-0.2, -0.15) is 0 Å². The quantitative estimate of drug-likeness (QED) is 0.495. The Balaban J connectivity index is 1.73. The van der Waals surface area contributed by atoms with Gasteiger partial charge in [0.1, 0.15) is 0 Å². The molecule has 1 fully saturated rings. The molecule has 0 amide bonds. The lowest BCUT2D eigenvalue weighted by Gasteiger charge is -2.27. The monoisotopic (exact) mass is 508 g/mol. The van der Waals surface area contributed by atoms with Crippen molar-refractivity contribution >= 4 is 66.0 Å². The summed E-state index contributed by atoms with van der Waals surface area (Å²) in [5, 5.41) is 4.00. The SMILES string of the molecule is CS(=O)(=O)Nc1ccc(N2C(=S)NC(c3ccccn3)C2c2ccc(Br)s2)cc1. The number of hydrogen-bond acceptors (Lipinski definition) is 5. The third-order valence-electron chi connectivity index (χ3n) is 4.43. The van der Waals surface area contributed by atoms with Crippen LogP contribution in [0.4, 0.5) is 11.4 Å². The fraction of sp³-hybridized carbons (Fsp3) is 0.158. The number of thiophene rings is 1. The lowest BCUT2D eigenvalue weighted by molar-refractivity contribution is 0.575. The molecular weight excluding hydrogens is 492 g/mol. The number of aromatic nitrogens is 1. The van der Waals surface area contributed by atoms with Gasteiger partial charge in [-0.3, -0.25) is 9.71 Å². The highest BCUT2D eigenvalue weighted by molar-refractivity contribution is 9.11. The summed E-state index contributed by atoms with van der Waals surface area (Å²) in [5.74, 6) is 0. The van der Waals surface area contributed by atoms with Crippen LogP contribution in [0, 0.1) is 0 Å². The Bertz CT molecular complexity index is 1130. The molecule has 1 aliphatic rings. The molecule has 0 bridgehead atoms. The number of nitrogens with one attached hydrogen (secondary N) is 2. The van der Waals surface area contributed by atoms with E-state index in [4.69, 9.17) is 12.2 Å². The van der Waals surface area contributed by atoms with Gasteiger partial charge in [0.05, 0.1) is 27.8 Å². The number of benzene rings is 1. The molecule has 1 aromatic carbocycles. The Labute approximate surface area is 187 Å². The molecular formula is C19H17BrN4O2S3. The van der Waals surface area contributed by atoms with Crippen LogP contribution >= 0.6 is 39.5 Å². The zero-order valence-corrected chi connectivity index (χ0v) is 19.3. The number of anilines is 2. The van der Waals surface area contributed by atoms with E-state index >= 15 is 0 Å². The second-order valence-corrected chi connectivity index (χ2v) is 11.2. The van der Waals surface area contributed by atoms with Crippen molar-refractivity contribution in [3.8, 4) is 0 Å². The van der Waals surface area contributed by atoms with Crippen molar-refractivity contribution in [3.05, 3.63) is 75.2 Å². The number of hydrogen-bond donors (Lipinski definition) is 2. The normalized spacial score (nSPS) is 19.2. The highest BCUT2D eigenvalue weighted by Gasteiger charge is 2.41. The van der Waals surface area contributed by atoms with Crippen LogP contribution in [0.2, 0.25) is 0 Å². The maximum Gasteiger partial charge on any atom is 0.229 e. The second kappa shape index (κ2) is 8.02. The molecule has 0 radical (unpaired) electrons. The summed E-state index contributed by atoms with van der Waals surface area (Å²) >= 11 is 10.9. The van der Waals surface area contributed by atoms with Gasteiger partial charge in [0.2, 0.25) is 10.0 Å². The molecule has 4 rings (SSSR count). The first-order valence-electron chi connectivity index (χ1n) is 8.65. The van der Waals surface area contributed by atoms with E-state index in [1.165, 1.54) is 0 Å². The van der Waals surface area contributed by atoms with E-state index in [0.717, 1.165) is 26.3 Å². The minimum absolute atomic E-state index is 0.0811. The number of pyridine rings is 1. The van der Waals surface area contributed by atoms with Gasteiger partial charge in [-0.15, -0.1) is 11.3 Å². The van der Waals surface area contributed by atoms with Gasteiger partial charge in [0.15, 0.2) is 5.11 Å². The molecule has 1 aliphatic heterocycles. The minimum Gasteiger partial charge on any atom is -0.351 e. The zero-order valence-electron chi connectivity index (χ0n) is 15.2. The second-order valence-electron chi connectivity index (χ2n) is 6.56. The maximum absolute atomic E-state index is 11.5. The molecule has 3 aromatic rings. The molecule has 2 N–H and O–H groups in total. The third kappa shape index (κ3) is 4.45. The summed E-state index contributed by atoms with van der Waals surface area (Å²) in [4.78, 5) is 7.72. The lowest BCUT2D eigenvalue weighted by Crippen LogP contribution is -2.29. The highest BCUT2D eigenvalue weighted by Crippen LogP contribution is 2.44. The van der Waals surface area contributed by atoms with Gasteiger partial charge in [-0.1, -0.05) is 6.07 Å². The van der Waals surface area contributed by atoms with Crippen LogP contribution in [0.3, 0.4) is 0 Å². The summed E-state index contributed by atoms with van der Waals surface area (Å²) < 4.78 is 26.5. The van der Waals surface area contributed by atoms with Gasteiger partial charge in [-0.25, -0.2) is 8.42 Å². The van der Waals surface area contributed by atoms with Crippen LogP contribution in [-0.2, 0) is 10.0 Å². The van der Waals surface area contributed by atoms with Crippen LogP contribution in [0.25, 0.3) is 0 Å². The fourth-order valence-electron chi connectivity index (χ4n) is 3.31. The van der Waals surface area contributed by atoms with Crippen molar-refractivity contribution in [2.24, 2.45) is 0 Å². The predicted molar refractivity (Wildman–Crippen MR) is 125 cm³/mol. The zero-order chi connectivity index (χ0) is 20.6. The molecule has 150 valence electrons. The summed E-state index contributed by atoms with van der Waals surface area (Å²) in [6.07, 6.45) is 2.90. The van der Waals surface area contributed by atoms with E-state index in [2.05, 4.69) is 41.9 Å². The van der Waals surface area contributed by atoms with Crippen molar-refractivity contribution in [2.75, 3.05) is 15.9 Å². The standard InChI is InChI=1S/C19H17BrN4O2S3/c1-29(25,26)23-12-5-7-13(8-6-12)24-18(15-9-10-16(20)28-15)17(22-19(24)27)14-4-2-3-11-21-14/h2-11,17-18,23H,1H3,(H,22,27). The summed E-state index contributed by atoms with van der Waals surface area (Å²) in [5.41, 5.74) is 2.28. The summed E-state index contributed by atoms with van der Waals surface area (Å²) in [7, 11) is -3.33. The van der Waals surface area contributed by atoms with Crippen molar-refractivity contribution in [1.82, 2.24) is 10.3 Å². The van der Waals surface area contributed by atoms with Crippen molar-refractivity contribution in [2.45, 2.75) is 12.1 Å². The van der Waals surface area contributed by atoms with Crippen LogP contribution in [-0.4, -0.2) is 24.8 Å². The molecule has 3 heterocycles. The molecule has 0 aliphatic carbocycles. The van der Waals surface area contributed by atoms with E-state index in [9.17, 15) is 8.42 Å². The predicted octanol–water partition coefficient (Wildman–Crippen LogP) is 4.45. The van der Waals surface area contributed by atoms with E-state index in [-0.39, 0.29) is 12.1 Å². The van der Waals surface area contributed by atoms with Gasteiger partial charge in [-0.05, 0) is 76.7 Å². The first kappa shape index (κ1) is 20.3.